The van der Waals surface area contributed by atoms with Gasteiger partial charge < -0.3 is 19.9 Å². The number of nitrogens with one attached hydrogen (secondary N) is 1. The van der Waals surface area contributed by atoms with Gasteiger partial charge in [-0.1, -0.05) is 11.6 Å². The number of nitrogens with zero attached hydrogens (tertiary/aromatic N) is 7. The van der Waals surface area contributed by atoms with Gasteiger partial charge >= 0.3 is 6.61 Å². The van der Waals surface area contributed by atoms with E-state index in [0.717, 1.165) is 13.1 Å². The first-order valence-corrected chi connectivity index (χ1v) is 12.0. The highest BCUT2D eigenvalue weighted by atomic mass is 35.5. The predicted octanol–water partition coefficient (Wildman–Crippen LogP) is 2.87. The van der Waals surface area contributed by atoms with Crippen LogP contribution < -0.4 is 10.1 Å². The lowest BCUT2D eigenvalue weighted by Gasteiger charge is -2.32. The average Bonchev–Trinajstić information content (AvgIpc) is 3.49. The third kappa shape index (κ3) is 5.43. The number of aromatic nitrogens is 5. The summed E-state index contributed by atoms with van der Waals surface area (Å²) in [6.07, 6.45) is 6.00. The van der Waals surface area contributed by atoms with Gasteiger partial charge in [0.05, 0.1) is 11.9 Å². The fraction of sp³-hybridized carbons (Fsp3) is 0.292. The molecule has 0 unspecified atom stereocenters. The Kier molecular flexibility index (Phi) is 7.20. The number of anilines is 1. The van der Waals surface area contributed by atoms with E-state index in [1.807, 2.05) is 7.05 Å². The lowest BCUT2D eigenvalue weighted by molar-refractivity contribution is -0.133. The normalized spacial score (nSPS) is 14.3. The zero-order valence-corrected chi connectivity index (χ0v) is 21.0. The molecule has 0 saturated carbocycles. The van der Waals surface area contributed by atoms with Gasteiger partial charge in [-0.2, -0.15) is 19.0 Å². The molecule has 0 bridgehead atoms. The molecule has 0 aliphatic carbocycles. The third-order valence-electron chi connectivity index (χ3n) is 6.10. The summed E-state index contributed by atoms with van der Waals surface area (Å²) >= 11 is 6.16. The van der Waals surface area contributed by atoms with Gasteiger partial charge in [-0.25, -0.2) is 9.50 Å². The molecule has 14 heteroatoms. The van der Waals surface area contributed by atoms with Crippen molar-refractivity contribution < 1.29 is 23.1 Å². The number of piperazine rings is 1. The summed E-state index contributed by atoms with van der Waals surface area (Å²) in [5, 5.41) is 11.6. The molecular weight excluding hydrogens is 522 g/mol. The van der Waals surface area contributed by atoms with Crippen molar-refractivity contribution in [2.45, 2.75) is 13.2 Å². The molecule has 4 aromatic rings. The van der Waals surface area contributed by atoms with E-state index in [0.29, 0.717) is 18.7 Å². The number of carbonyl (C=O) groups is 2. The molecule has 2 amide bonds. The van der Waals surface area contributed by atoms with Crippen molar-refractivity contribution in [2.75, 3.05) is 38.5 Å². The highest BCUT2D eigenvalue weighted by molar-refractivity contribution is 6.31. The largest absolute Gasteiger partial charge is 0.434 e. The molecule has 38 heavy (non-hydrogen) atoms. The van der Waals surface area contributed by atoms with Gasteiger partial charge in [0.15, 0.2) is 5.65 Å². The monoisotopic (exact) mass is 544 g/mol. The minimum atomic E-state index is -3.10. The van der Waals surface area contributed by atoms with Crippen molar-refractivity contribution in [1.82, 2.24) is 34.2 Å². The van der Waals surface area contributed by atoms with Gasteiger partial charge in [0.2, 0.25) is 5.91 Å². The molecule has 1 saturated heterocycles. The van der Waals surface area contributed by atoms with Crippen LogP contribution in [0.5, 0.6) is 5.75 Å². The number of carbonyl (C=O) groups excluding carboxylic acids is 2. The second-order valence-corrected chi connectivity index (χ2v) is 9.13. The molecule has 1 aliphatic rings. The minimum absolute atomic E-state index is 0.104. The molecule has 11 nitrogen and oxygen atoms in total. The van der Waals surface area contributed by atoms with Crippen molar-refractivity contribution in [2.24, 2.45) is 0 Å². The first-order valence-electron chi connectivity index (χ1n) is 11.7. The molecule has 1 N–H and O–H groups in total. The second-order valence-electron chi connectivity index (χ2n) is 8.69. The number of hydrogen-bond donors (Lipinski definition) is 1. The quantitative estimate of drug-likeness (QED) is 0.381. The van der Waals surface area contributed by atoms with E-state index in [1.54, 1.807) is 17.2 Å². The zero-order valence-electron chi connectivity index (χ0n) is 20.2. The Morgan fingerprint density at radius 3 is 2.76 bits per heavy atom. The van der Waals surface area contributed by atoms with Crippen molar-refractivity contribution in [3.05, 3.63) is 59.6 Å². The maximum Gasteiger partial charge on any atom is 0.387 e. The fourth-order valence-corrected chi connectivity index (χ4v) is 4.32. The lowest BCUT2D eigenvalue weighted by atomic mass is 10.1. The summed E-state index contributed by atoms with van der Waals surface area (Å²) in [7, 11) is 1.99. The van der Waals surface area contributed by atoms with Crippen LogP contribution in [-0.4, -0.2) is 85.8 Å². The maximum atomic E-state index is 13.2. The SMILES string of the molecule is CN1CCN(C(=O)Cn2cc(NC(=O)c3cnn4cccnc34)c(-c3cc(Cl)ccc3OC(F)F)n2)CC1. The van der Waals surface area contributed by atoms with Gasteiger partial charge in [0.1, 0.15) is 23.6 Å². The topological polar surface area (TPSA) is 110 Å². The molecule has 3 aromatic heterocycles. The van der Waals surface area contributed by atoms with E-state index in [2.05, 4.69) is 30.1 Å². The average molecular weight is 545 g/mol. The highest BCUT2D eigenvalue weighted by Crippen LogP contribution is 2.37. The Labute approximate surface area is 220 Å². The summed E-state index contributed by atoms with van der Waals surface area (Å²) in [5.41, 5.74) is 0.906. The van der Waals surface area contributed by atoms with Crippen LogP contribution in [0.15, 0.2) is 49.1 Å². The van der Waals surface area contributed by atoms with Crippen LogP contribution in [0.1, 0.15) is 10.4 Å². The van der Waals surface area contributed by atoms with Crippen molar-refractivity contribution in [3.63, 3.8) is 0 Å². The molecule has 5 rings (SSSR count). The Balaban J connectivity index is 1.50. The van der Waals surface area contributed by atoms with Crippen LogP contribution in [0.2, 0.25) is 5.02 Å². The van der Waals surface area contributed by atoms with Crippen LogP contribution in [0.25, 0.3) is 16.9 Å². The number of halogens is 3. The fourth-order valence-electron chi connectivity index (χ4n) is 4.15. The smallest absolute Gasteiger partial charge is 0.387 e. The Hall–Kier alpha value is -4.10. The van der Waals surface area contributed by atoms with Crippen LogP contribution in [0, 0.1) is 0 Å². The number of benzene rings is 1. The molecule has 1 aromatic carbocycles. The summed E-state index contributed by atoms with van der Waals surface area (Å²) in [6.45, 7) is -0.552. The van der Waals surface area contributed by atoms with Gasteiger partial charge in [0.25, 0.3) is 5.91 Å². The van der Waals surface area contributed by atoms with Crippen LogP contribution in [0.4, 0.5) is 14.5 Å². The van der Waals surface area contributed by atoms with E-state index in [-0.39, 0.29) is 45.7 Å². The molecule has 4 heterocycles. The van der Waals surface area contributed by atoms with Gasteiger partial charge in [0, 0.05) is 55.4 Å². The molecule has 0 atom stereocenters. The number of fused-ring (bicyclic) bond motifs is 1. The summed E-state index contributed by atoms with van der Waals surface area (Å²) in [5.74, 6) is -0.900. The predicted molar refractivity (Wildman–Crippen MR) is 134 cm³/mol. The molecule has 0 radical (unpaired) electrons. The maximum absolute atomic E-state index is 13.2. The standard InChI is InChI=1S/C24H23ClF2N8O3/c1-32-7-9-33(10-8-32)20(36)14-34-13-18(30-23(37)17-12-29-35-6-2-5-28-22(17)35)21(31-34)16-11-15(25)3-4-19(16)38-24(26)27/h2-6,11-13,24H,7-10,14H2,1H3,(H,30,37). The van der Waals surface area contributed by atoms with Gasteiger partial charge in [-0.3, -0.25) is 14.3 Å². The van der Waals surface area contributed by atoms with Gasteiger partial charge in [-0.15, -0.1) is 0 Å². The van der Waals surface area contributed by atoms with E-state index in [9.17, 15) is 18.4 Å². The number of alkyl halides is 2. The van der Waals surface area contributed by atoms with Crippen LogP contribution >= 0.6 is 11.6 Å². The first kappa shape index (κ1) is 25.5. The van der Waals surface area contributed by atoms with Crippen molar-refractivity contribution >= 4 is 34.7 Å². The Morgan fingerprint density at radius 2 is 2.00 bits per heavy atom. The zero-order chi connectivity index (χ0) is 26.8. The summed E-state index contributed by atoms with van der Waals surface area (Å²) in [6, 6.07) is 5.77. The van der Waals surface area contributed by atoms with Crippen molar-refractivity contribution in [3.8, 4) is 17.0 Å². The summed E-state index contributed by atoms with van der Waals surface area (Å²) < 4.78 is 33.8. The Bertz CT molecular complexity index is 1480. The van der Waals surface area contributed by atoms with E-state index < -0.39 is 12.5 Å². The van der Waals surface area contributed by atoms with E-state index in [4.69, 9.17) is 11.6 Å². The molecule has 198 valence electrons. The number of ether oxygens (including phenoxy) is 1. The lowest BCUT2D eigenvalue weighted by Crippen LogP contribution is -2.48. The number of hydrogen-bond acceptors (Lipinski definition) is 7. The number of likely N-dealkylation sites (N-methyl/N-ethyl adjacent to an activating group) is 1. The van der Waals surface area contributed by atoms with Crippen LogP contribution in [-0.2, 0) is 11.3 Å². The molecule has 0 spiro atoms. The minimum Gasteiger partial charge on any atom is -0.434 e. The third-order valence-corrected chi connectivity index (χ3v) is 6.33. The Morgan fingerprint density at radius 1 is 1.21 bits per heavy atom. The summed E-state index contributed by atoms with van der Waals surface area (Å²) in [4.78, 5) is 34.2. The van der Waals surface area contributed by atoms with E-state index >= 15 is 0 Å². The van der Waals surface area contributed by atoms with Crippen LogP contribution in [0.3, 0.4) is 0 Å². The first-order chi connectivity index (χ1) is 18.3. The number of amides is 2. The molecule has 1 aliphatic heterocycles. The molecule has 1 fully saturated rings. The highest BCUT2D eigenvalue weighted by Gasteiger charge is 2.24. The van der Waals surface area contributed by atoms with E-state index in [1.165, 1.54) is 46.0 Å². The van der Waals surface area contributed by atoms with Gasteiger partial charge in [-0.05, 0) is 31.3 Å². The number of rotatable bonds is 7. The second kappa shape index (κ2) is 10.7. The van der Waals surface area contributed by atoms with Crippen molar-refractivity contribution in [1.29, 1.82) is 0 Å². The molecular formula is C24H23ClF2N8O3.